The Bertz CT molecular complexity index is 515. The molecular formula is C17H27FN4S. The summed E-state index contributed by atoms with van der Waals surface area (Å²) in [5.74, 6) is 1.87. The van der Waals surface area contributed by atoms with E-state index in [9.17, 15) is 4.39 Å². The molecule has 1 aromatic carbocycles. The van der Waals surface area contributed by atoms with Crippen LogP contribution in [0.4, 0.5) is 4.39 Å². The monoisotopic (exact) mass is 338 g/mol. The molecule has 2 unspecified atom stereocenters. The molecule has 4 nitrogen and oxygen atoms in total. The first kappa shape index (κ1) is 18.1. The molecule has 1 aromatic rings. The number of aliphatic imine (C=N–C) groups is 1. The van der Waals surface area contributed by atoms with Gasteiger partial charge in [0.1, 0.15) is 5.82 Å². The number of thioether (sulfide) groups is 1. The van der Waals surface area contributed by atoms with Gasteiger partial charge in [-0.25, -0.2) is 4.39 Å². The van der Waals surface area contributed by atoms with Crippen LogP contribution in [0.25, 0.3) is 0 Å². The molecule has 1 aliphatic rings. The Morgan fingerprint density at radius 3 is 2.87 bits per heavy atom. The topological polar surface area (TPSA) is 39.7 Å². The quantitative estimate of drug-likeness (QED) is 0.617. The molecule has 1 saturated heterocycles. The zero-order valence-corrected chi connectivity index (χ0v) is 15.0. The van der Waals surface area contributed by atoms with E-state index in [1.807, 2.05) is 31.9 Å². The lowest BCUT2D eigenvalue weighted by Gasteiger charge is -2.26. The average molecular weight is 338 g/mol. The molecule has 0 radical (unpaired) electrons. The fourth-order valence-electron chi connectivity index (χ4n) is 2.74. The smallest absolute Gasteiger partial charge is 0.191 e. The molecule has 0 aromatic heterocycles. The largest absolute Gasteiger partial charge is 0.355 e. The molecule has 1 aliphatic heterocycles. The summed E-state index contributed by atoms with van der Waals surface area (Å²) < 4.78 is 13.5. The summed E-state index contributed by atoms with van der Waals surface area (Å²) in [6, 6.07) is 6.87. The second-order valence-corrected chi connectivity index (χ2v) is 7.41. The minimum absolute atomic E-state index is 0.0881. The van der Waals surface area contributed by atoms with Gasteiger partial charge in [0.05, 0.1) is 6.04 Å². The van der Waals surface area contributed by atoms with Crippen LogP contribution in [0, 0.1) is 5.82 Å². The van der Waals surface area contributed by atoms with Crippen LogP contribution in [-0.4, -0.2) is 56.1 Å². The lowest BCUT2D eigenvalue weighted by Crippen LogP contribution is -2.43. The first-order valence-electron chi connectivity index (χ1n) is 8.08. The van der Waals surface area contributed by atoms with Crippen molar-refractivity contribution in [2.24, 2.45) is 4.99 Å². The minimum atomic E-state index is -0.199. The van der Waals surface area contributed by atoms with E-state index in [2.05, 4.69) is 20.5 Å². The zero-order chi connectivity index (χ0) is 16.7. The van der Waals surface area contributed by atoms with Gasteiger partial charge in [-0.1, -0.05) is 12.1 Å². The van der Waals surface area contributed by atoms with Crippen molar-refractivity contribution in [1.29, 1.82) is 0 Å². The number of hydrogen-bond acceptors (Lipinski definition) is 3. The first-order valence-corrected chi connectivity index (χ1v) is 9.13. The predicted molar refractivity (Wildman–Crippen MR) is 97.7 cm³/mol. The fourth-order valence-corrected chi connectivity index (χ4v) is 3.94. The Kier molecular flexibility index (Phi) is 7.17. The van der Waals surface area contributed by atoms with E-state index in [1.165, 1.54) is 24.7 Å². The predicted octanol–water partition coefficient (Wildman–Crippen LogP) is 2.49. The van der Waals surface area contributed by atoms with Gasteiger partial charge in [0, 0.05) is 25.4 Å². The second kappa shape index (κ2) is 9.13. The summed E-state index contributed by atoms with van der Waals surface area (Å²) in [6.07, 6.45) is 2.59. The summed E-state index contributed by atoms with van der Waals surface area (Å²) in [6.45, 7) is 1.62. The molecule has 1 heterocycles. The van der Waals surface area contributed by atoms with Crippen molar-refractivity contribution < 1.29 is 4.39 Å². The maximum absolute atomic E-state index is 13.5. The molecule has 0 aliphatic carbocycles. The van der Waals surface area contributed by atoms with Gasteiger partial charge in [-0.05, 0) is 50.4 Å². The van der Waals surface area contributed by atoms with Crippen molar-refractivity contribution in [2.45, 2.75) is 24.1 Å². The number of likely N-dealkylation sites (N-methyl/N-ethyl adjacent to an activating group) is 1. The number of guanidine groups is 1. The van der Waals surface area contributed by atoms with E-state index in [4.69, 9.17) is 0 Å². The molecule has 6 heteroatoms. The SMILES string of the molecule is CN=C(NCC1CCCS1)NCC(c1cccc(F)c1)N(C)C. The summed E-state index contributed by atoms with van der Waals surface area (Å²) in [4.78, 5) is 6.37. The van der Waals surface area contributed by atoms with E-state index >= 15 is 0 Å². The number of nitrogens with zero attached hydrogens (tertiary/aromatic N) is 2. The maximum atomic E-state index is 13.5. The Labute approximate surface area is 142 Å². The van der Waals surface area contributed by atoms with E-state index < -0.39 is 0 Å². The van der Waals surface area contributed by atoms with Gasteiger partial charge in [-0.15, -0.1) is 0 Å². The molecule has 0 amide bonds. The number of halogens is 1. The van der Waals surface area contributed by atoms with Crippen LogP contribution in [0.1, 0.15) is 24.4 Å². The standard InChI is InChI=1S/C17H27FN4S/c1-19-17(20-11-15-8-5-9-23-15)21-12-16(22(2)3)13-6-4-7-14(18)10-13/h4,6-7,10,15-16H,5,8-9,11-12H2,1-3H3,(H2,19,20,21). The van der Waals surface area contributed by atoms with Crippen LogP contribution >= 0.6 is 11.8 Å². The van der Waals surface area contributed by atoms with Crippen LogP contribution in [0.2, 0.25) is 0 Å². The van der Waals surface area contributed by atoms with Gasteiger partial charge in [0.2, 0.25) is 0 Å². The Morgan fingerprint density at radius 2 is 2.26 bits per heavy atom. The molecule has 2 N–H and O–H groups in total. The van der Waals surface area contributed by atoms with Crippen molar-refractivity contribution in [1.82, 2.24) is 15.5 Å². The third-order valence-electron chi connectivity index (χ3n) is 4.06. The number of rotatable bonds is 6. The number of benzene rings is 1. The Hall–Kier alpha value is -1.27. The molecule has 23 heavy (non-hydrogen) atoms. The van der Waals surface area contributed by atoms with Crippen molar-refractivity contribution in [3.63, 3.8) is 0 Å². The Balaban J connectivity index is 1.89. The lowest BCUT2D eigenvalue weighted by molar-refractivity contribution is 0.297. The second-order valence-electron chi connectivity index (χ2n) is 6.00. The molecule has 2 rings (SSSR count). The van der Waals surface area contributed by atoms with Crippen LogP contribution in [0.5, 0.6) is 0 Å². The lowest BCUT2D eigenvalue weighted by atomic mass is 10.1. The van der Waals surface area contributed by atoms with Crippen molar-refractivity contribution in [3.8, 4) is 0 Å². The molecule has 0 bridgehead atoms. The van der Waals surface area contributed by atoms with Crippen LogP contribution in [-0.2, 0) is 0 Å². The highest BCUT2D eigenvalue weighted by molar-refractivity contribution is 8.00. The molecule has 1 fully saturated rings. The highest BCUT2D eigenvalue weighted by atomic mass is 32.2. The molecule has 2 atom stereocenters. The third-order valence-corrected chi connectivity index (χ3v) is 5.46. The fraction of sp³-hybridized carbons (Fsp3) is 0.588. The normalized spacial score (nSPS) is 19.9. The summed E-state index contributed by atoms with van der Waals surface area (Å²) in [5, 5.41) is 7.43. The maximum Gasteiger partial charge on any atom is 0.191 e. The van der Waals surface area contributed by atoms with E-state index in [-0.39, 0.29) is 11.9 Å². The first-order chi connectivity index (χ1) is 11.1. The van der Waals surface area contributed by atoms with Gasteiger partial charge in [0.25, 0.3) is 0 Å². The van der Waals surface area contributed by atoms with Gasteiger partial charge < -0.3 is 15.5 Å². The molecule has 0 saturated carbocycles. The Morgan fingerprint density at radius 1 is 1.43 bits per heavy atom. The van der Waals surface area contributed by atoms with Crippen LogP contribution in [0.15, 0.2) is 29.3 Å². The average Bonchev–Trinajstić information content (AvgIpc) is 3.03. The van der Waals surface area contributed by atoms with E-state index in [1.54, 1.807) is 19.2 Å². The van der Waals surface area contributed by atoms with Crippen LogP contribution in [0.3, 0.4) is 0 Å². The number of hydrogen-bond donors (Lipinski definition) is 2. The zero-order valence-electron chi connectivity index (χ0n) is 14.2. The minimum Gasteiger partial charge on any atom is -0.355 e. The summed E-state index contributed by atoms with van der Waals surface area (Å²) in [7, 11) is 5.79. The van der Waals surface area contributed by atoms with Crippen molar-refractivity contribution >= 4 is 17.7 Å². The highest BCUT2D eigenvalue weighted by Crippen LogP contribution is 2.25. The summed E-state index contributed by atoms with van der Waals surface area (Å²) >= 11 is 2.03. The molecule has 0 spiro atoms. The van der Waals surface area contributed by atoms with Gasteiger partial charge >= 0.3 is 0 Å². The third kappa shape index (κ3) is 5.70. The highest BCUT2D eigenvalue weighted by Gasteiger charge is 2.17. The molecular weight excluding hydrogens is 311 g/mol. The van der Waals surface area contributed by atoms with Crippen molar-refractivity contribution in [3.05, 3.63) is 35.6 Å². The van der Waals surface area contributed by atoms with Crippen molar-refractivity contribution in [2.75, 3.05) is 40.0 Å². The van der Waals surface area contributed by atoms with Crippen LogP contribution < -0.4 is 10.6 Å². The van der Waals surface area contributed by atoms with Gasteiger partial charge in [-0.3, -0.25) is 4.99 Å². The van der Waals surface area contributed by atoms with Gasteiger partial charge in [0.15, 0.2) is 5.96 Å². The molecule has 128 valence electrons. The summed E-state index contributed by atoms with van der Waals surface area (Å²) in [5.41, 5.74) is 0.962. The van der Waals surface area contributed by atoms with Gasteiger partial charge in [-0.2, -0.15) is 11.8 Å². The van der Waals surface area contributed by atoms with E-state index in [0.717, 1.165) is 18.1 Å². The number of nitrogens with one attached hydrogen (secondary N) is 2. The van der Waals surface area contributed by atoms with E-state index in [0.29, 0.717) is 11.8 Å².